The number of Topliss-reactive ketones (excluding diaryl/α,β-unsaturated/α-hetero) is 1. The molecule has 5 rings (SSSR count). The fourth-order valence-electron chi connectivity index (χ4n) is 6.30. The first kappa shape index (κ1) is 23.1. The van der Waals surface area contributed by atoms with Gasteiger partial charge in [0.1, 0.15) is 16.9 Å². The van der Waals surface area contributed by atoms with Crippen LogP contribution in [0.2, 0.25) is 0 Å². The average molecular weight is 479 g/mol. The van der Waals surface area contributed by atoms with Gasteiger partial charge in [-0.15, -0.1) is 11.3 Å². The Morgan fingerprint density at radius 1 is 1.26 bits per heavy atom. The molecule has 2 atom stereocenters. The van der Waals surface area contributed by atoms with Crippen LogP contribution in [-0.2, 0) is 16.6 Å². The van der Waals surface area contributed by atoms with E-state index in [0.717, 1.165) is 76.0 Å². The number of fused-ring (bicyclic) bond motifs is 2. The molecule has 5 N–H and O–H groups in total. The Morgan fingerprint density at radius 3 is 2.85 bits per heavy atom. The van der Waals surface area contributed by atoms with E-state index < -0.39 is 5.41 Å². The zero-order chi connectivity index (χ0) is 23.9. The highest BCUT2D eigenvalue weighted by Crippen LogP contribution is 2.53. The second-order valence-corrected chi connectivity index (χ2v) is 11.2. The molecule has 180 valence electrons. The molecule has 1 spiro atoms. The zero-order valence-electron chi connectivity index (χ0n) is 20.0. The van der Waals surface area contributed by atoms with Gasteiger partial charge in [0.2, 0.25) is 5.78 Å². The van der Waals surface area contributed by atoms with Crippen molar-refractivity contribution in [3.63, 3.8) is 0 Å². The zero-order valence-corrected chi connectivity index (χ0v) is 20.8. The summed E-state index contributed by atoms with van der Waals surface area (Å²) in [5.41, 5.74) is 16.2. The first-order valence-electron chi connectivity index (χ1n) is 12.6. The lowest BCUT2D eigenvalue weighted by Gasteiger charge is -2.42. The van der Waals surface area contributed by atoms with Gasteiger partial charge < -0.3 is 21.7 Å². The molecule has 0 amide bonds. The SMILES string of the molecule is C[C@H]1CNCCCN1C1=CCCC(C(=O)C2=C(N)[C@@]3(CCC2)CCCc2sc(N)c(C#N)c23)=N1. The summed E-state index contributed by atoms with van der Waals surface area (Å²) >= 11 is 1.52. The van der Waals surface area contributed by atoms with Crippen LogP contribution in [0.25, 0.3) is 0 Å². The van der Waals surface area contributed by atoms with Crippen molar-refractivity contribution in [3.8, 4) is 6.07 Å². The van der Waals surface area contributed by atoms with Crippen molar-refractivity contribution >= 4 is 27.8 Å². The molecule has 1 saturated heterocycles. The molecule has 2 aliphatic heterocycles. The normalized spacial score (nSPS) is 27.5. The monoisotopic (exact) mass is 478 g/mol. The summed E-state index contributed by atoms with van der Waals surface area (Å²) < 4.78 is 0. The van der Waals surface area contributed by atoms with Gasteiger partial charge in [-0.1, -0.05) is 0 Å². The van der Waals surface area contributed by atoms with Crippen molar-refractivity contribution < 1.29 is 4.79 Å². The minimum atomic E-state index is -0.450. The molecule has 1 aromatic heterocycles. The number of carbonyl (C=O) groups is 1. The van der Waals surface area contributed by atoms with Crippen molar-refractivity contribution in [1.82, 2.24) is 10.2 Å². The van der Waals surface area contributed by atoms with Gasteiger partial charge in [0, 0.05) is 40.7 Å². The Hall–Kier alpha value is -2.63. The smallest absolute Gasteiger partial charge is 0.205 e. The van der Waals surface area contributed by atoms with Crippen molar-refractivity contribution in [1.29, 1.82) is 5.26 Å². The fourth-order valence-corrected chi connectivity index (χ4v) is 7.46. The molecule has 4 aliphatic rings. The first-order valence-corrected chi connectivity index (χ1v) is 13.4. The van der Waals surface area contributed by atoms with E-state index in [4.69, 9.17) is 16.5 Å². The maximum atomic E-state index is 13.8. The molecule has 7 nitrogen and oxygen atoms in total. The summed E-state index contributed by atoms with van der Waals surface area (Å²) in [5.74, 6) is 0.921. The van der Waals surface area contributed by atoms with E-state index in [1.165, 1.54) is 16.2 Å². The number of aryl methyl sites for hydroxylation is 1. The Morgan fingerprint density at radius 2 is 2.06 bits per heavy atom. The maximum absolute atomic E-state index is 13.8. The number of aliphatic imine (C=N–C) groups is 1. The van der Waals surface area contributed by atoms with Crippen LogP contribution in [0.3, 0.4) is 0 Å². The van der Waals surface area contributed by atoms with Crippen LogP contribution in [0.4, 0.5) is 5.00 Å². The van der Waals surface area contributed by atoms with E-state index in [1.54, 1.807) is 0 Å². The number of nitrogens with one attached hydrogen (secondary N) is 1. The summed E-state index contributed by atoms with van der Waals surface area (Å²) in [6.07, 6.45) is 9.90. The number of rotatable bonds is 3. The highest BCUT2D eigenvalue weighted by Gasteiger charge is 2.46. The number of nitriles is 1. The van der Waals surface area contributed by atoms with E-state index >= 15 is 0 Å². The lowest BCUT2D eigenvalue weighted by molar-refractivity contribution is -0.110. The fraction of sp³-hybridized carbons (Fsp3) is 0.577. The second-order valence-electron chi connectivity index (χ2n) is 10.0. The van der Waals surface area contributed by atoms with Crippen LogP contribution in [-0.4, -0.2) is 42.1 Å². The highest BCUT2D eigenvalue weighted by molar-refractivity contribution is 7.16. The predicted molar refractivity (Wildman–Crippen MR) is 137 cm³/mol. The van der Waals surface area contributed by atoms with E-state index in [2.05, 4.69) is 29.3 Å². The number of nitrogen functional groups attached to an aromatic ring is 1. The van der Waals surface area contributed by atoms with Crippen LogP contribution in [0.5, 0.6) is 0 Å². The number of allylic oxidation sites excluding steroid dienone is 3. The van der Waals surface area contributed by atoms with Gasteiger partial charge in [0.15, 0.2) is 0 Å². The summed E-state index contributed by atoms with van der Waals surface area (Å²) in [4.78, 5) is 22.2. The number of hydrogen-bond acceptors (Lipinski definition) is 8. The van der Waals surface area contributed by atoms with Gasteiger partial charge in [-0.05, 0) is 82.9 Å². The molecule has 1 fully saturated rings. The predicted octanol–water partition coefficient (Wildman–Crippen LogP) is 3.50. The lowest BCUT2D eigenvalue weighted by Crippen LogP contribution is -2.41. The standard InChI is InChI=1S/C26H34N6OS/c1-16-15-30-12-5-13-32(16)21-9-2-7-19(31-21)23(33)17-6-3-10-26(24(17)28)11-4-8-20-22(26)18(14-27)25(29)34-20/h9,16,30H,2-8,10-13,15,28-29H2,1H3/t16-,26-/m0/s1. The molecular formula is C26H34N6OS. The quantitative estimate of drug-likeness (QED) is 0.611. The molecule has 0 bridgehead atoms. The number of carbonyl (C=O) groups excluding carboxylic acids is 1. The van der Waals surface area contributed by atoms with Crippen molar-refractivity contribution in [2.24, 2.45) is 10.7 Å². The number of anilines is 1. The molecule has 1 aromatic rings. The van der Waals surface area contributed by atoms with Crippen LogP contribution in [0.15, 0.2) is 28.2 Å². The van der Waals surface area contributed by atoms with Gasteiger partial charge >= 0.3 is 0 Å². The van der Waals surface area contributed by atoms with E-state index in [1.807, 2.05) is 0 Å². The van der Waals surface area contributed by atoms with Gasteiger partial charge in [-0.25, -0.2) is 4.99 Å². The van der Waals surface area contributed by atoms with Crippen LogP contribution in [0.1, 0.15) is 74.3 Å². The van der Waals surface area contributed by atoms with Gasteiger partial charge in [0.25, 0.3) is 0 Å². The summed E-state index contributed by atoms with van der Waals surface area (Å²) in [6, 6.07) is 2.67. The van der Waals surface area contributed by atoms with Crippen LogP contribution < -0.4 is 16.8 Å². The molecule has 2 aliphatic carbocycles. The topological polar surface area (TPSA) is 121 Å². The molecule has 3 heterocycles. The van der Waals surface area contributed by atoms with E-state index in [0.29, 0.717) is 46.4 Å². The van der Waals surface area contributed by atoms with Crippen LogP contribution in [0, 0.1) is 11.3 Å². The minimum Gasteiger partial charge on any atom is -0.401 e. The molecular weight excluding hydrogens is 444 g/mol. The summed E-state index contributed by atoms with van der Waals surface area (Å²) in [5, 5.41) is 13.9. The van der Waals surface area contributed by atoms with Crippen molar-refractivity contribution in [2.75, 3.05) is 25.4 Å². The number of nitrogens with two attached hydrogens (primary N) is 2. The average Bonchev–Trinajstić information content (AvgIpc) is 3.03. The third kappa shape index (κ3) is 3.75. The van der Waals surface area contributed by atoms with Gasteiger partial charge in [-0.2, -0.15) is 5.26 Å². The second kappa shape index (κ2) is 9.20. The summed E-state index contributed by atoms with van der Waals surface area (Å²) in [6.45, 7) is 5.08. The van der Waals surface area contributed by atoms with E-state index in [9.17, 15) is 10.1 Å². The molecule has 0 aromatic carbocycles. The number of ketones is 1. The first-order chi connectivity index (χ1) is 16.5. The summed E-state index contributed by atoms with van der Waals surface area (Å²) in [7, 11) is 0. The number of thiophene rings is 1. The lowest BCUT2D eigenvalue weighted by atomic mass is 9.62. The molecule has 0 unspecified atom stereocenters. The number of hydrogen-bond donors (Lipinski definition) is 3. The van der Waals surface area contributed by atoms with Crippen LogP contribution >= 0.6 is 11.3 Å². The molecule has 8 heteroatoms. The third-order valence-corrected chi connectivity index (χ3v) is 9.07. The third-order valence-electron chi connectivity index (χ3n) is 7.99. The molecule has 0 radical (unpaired) electrons. The Balaban J connectivity index is 1.51. The van der Waals surface area contributed by atoms with E-state index in [-0.39, 0.29) is 5.78 Å². The minimum absolute atomic E-state index is 0.00314. The van der Waals surface area contributed by atoms with Crippen molar-refractivity contribution in [3.05, 3.63) is 39.2 Å². The largest absolute Gasteiger partial charge is 0.401 e. The van der Waals surface area contributed by atoms with Gasteiger partial charge in [-0.3, -0.25) is 4.79 Å². The molecule has 34 heavy (non-hydrogen) atoms. The van der Waals surface area contributed by atoms with Crippen molar-refractivity contribution in [2.45, 2.75) is 76.2 Å². The number of nitrogens with zero attached hydrogens (tertiary/aromatic N) is 3. The maximum Gasteiger partial charge on any atom is 0.205 e. The Kier molecular flexibility index (Phi) is 6.26. The Bertz CT molecular complexity index is 1140. The Labute approximate surface area is 205 Å². The molecule has 0 saturated carbocycles. The highest BCUT2D eigenvalue weighted by atomic mass is 32.1. The van der Waals surface area contributed by atoms with Gasteiger partial charge in [0.05, 0.1) is 11.3 Å².